The summed E-state index contributed by atoms with van der Waals surface area (Å²) in [6.45, 7) is 4.04. The van der Waals surface area contributed by atoms with Crippen LogP contribution in [0.2, 0.25) is 10.0 Å². The van der Waals surface area contributed by atoms with E-state index < -0.39 is 0 Å². The van der Waals surface area contributed by atoms with Crippen molar-refractivity contribution in [1.29, 1.82) is 0 Å². The van der Waals surface area contributed by atoms with Gasteiger partial charge in [0.1, 0.15) is 0 Å². The number of urea groups is 1. The third-order valence-electron chi connectivity index (χ3n) is 5.34. The molecule has 2 unspecified atom stereocenters. The molecule has 4 rings (SSSR count). The van der Waals surface area contributed by atoms with Crippen LogP contribution in [0.4, 0.5) is 16.2 Å². The highest BCUT2D eigenvalue weighted by atomic mass is 35.5. The van der Waals surface area contributed by atoms with Gasteiger partial charge >= 0.3 is 6.03 Å². The lowest BCUT2D eigenvalue weighted by Gasteiger charge is -2.36. The molecule has 2 aromatic rings. The normalized spacial score (nSPS) is 22.1. The zero-order chi connectivity index (χ0) is 18.4. The fourth-order valence-corrected chi connectivity index (χ4v) is 4.45. The molecule has 1 N–H and O–H groups in total. The molecule has 0 radical (unpaired) electrons. The Morgan fingerprint density at radius 1 is 1.19 bits per heavy atom. The first-order valence-electron chi connectivity index (χ1n) is 8.78. The van der Waals surface area contributed by atoms with Gasteiger partial charge in [0.25, 0.3) is 0 Å². The predicted molar refractivity (Wildman–Crippen MR) is 108 cm³/mol. The summed E-state index contributed by atoms with van der Waals surface area (Å²) in [5, 5.41) is 3.97. The smallest absolute Gasteiger partial charge is 0.306 e. The molecule has 4 nitrogen and oxygen atoms in total. The van der Waals surface area contributed by atoms with Crippen LogP contribution < -0.4 is 10.2 Å². The van der Waals surface area contributed by atoms with Crippen LogP contribution in [0.5, 0.6) is 0 Å². The first-order chi connectivity index (χ1) is 12.4. The van der Waals surface area contributed by atoms with E-state index in [0.717, 1.165) is 25.2 Å². The molecule has 2 amide bonds. The maximum Gasteiger partial charge on any atom is 0.326 e. The third kappa shape index (κ3) is 3.07. The lowest BCUT2D eigenvalue weighted by Crippen LogP contribution is -2.48. The van der Waals surface area contributed by atoms with Crippen LogP contribution >= 0.6 is 23.2 Å². The van der Waals surface area contributed by atoms with Crippen molar-refractivity contribution in [3.63, 3.8) is 0 Å². The number of likely N-dealkylation sites (N-methyl/N-ethyl adjacent to an activating group) is 1. The third-order valence-corrected chi connectivity index (χ3v) is 5.91. The summed E-state index contributed by atoms with van der Waals surface area (Å²) >= 11 is 12.3. The van der Waals surface area contributed by atoms with Gasteiger partial charge in [0.15, 0.2) is 0 Å². The number of likely N-dealkylation sites (tertiary alicyclic amines) is 1. The molecule has 2 aromatic carbocycles. The minimum Gasteiger partial charge on any atom is -0.306 e. The Kier molecular flexibility index (Phi) is 4.59. The van der Waals surface area contributed by atoms with Crippen molar-refractivity contribution < 1.29 is 4.79 Å². The first kappa shape index (κ1) is 17.7. The van der Waals surface area contributed by atoms with Crippen molar-refractivity contribution in [3.05, 3.63) is 57.6 Å². The van der Waals surface area contributed by atoms with Crippen LogP contribution in [-0.2, 0) is 0 Å². The van der Waals surface area contributed by atoms with E-state index in [4.69, 9.17) is 23.2 Å². The number of anilines is 2. The molecule has 2 heterocycles. The number of amides is 2. The van der Waals surface area contributed by atoms with Crippen LogP contribution in [0, 0.1) is 6.92 Å². The van der Waals surface area contributed by atoms with E-state index in [-0.39, 0.29) is 12.1 Å². The van der Waals surface area contributed by atoms with Crippen LogP contribution in [0.15, 0.2) is 36.4 Å². The van der Waals surface area contributed by atoms with E-state index in [2.05, 4.69) is 42.4 Å². The lowest BCUT2D eigenvalue weighted by atomic mass is 9.89. The number of benzene rings is 2. The summed E-state index contributed by atoms with van der Waals surface area (Å²) in [5.41, 5.74) is 4.01. The SMILES string of the molecule is Cc1ccc2c(c1)C1CN(C)CCC1N2C(=O)Nc1cc(Cl)ccc1Cl. The maximum absolute atomic E-state index is 13.2. The number of nitrogens with zero attached hydrogens (tertiary/aromatic N) is 2. The van der Waals surface area contributed by atoms with E-state index in [9.17, 15) is 4.79 Å². The molecule has 0 bridgehead atoms. The van der Waals surface area contributed by atoms with Gasteiger partial charge in [-0.15, -0.1) is 0 Å². The molecule has 0 spiro atoms. The number of nitrogens with one attached hydrogen (secondary N) is 1. The Hall–Kier alpha value is -1.75. The highest BCUT2D eigenvalue weighted by Gasteiger charge is 2.44. The minimum atomic E-state index is -0.156. The lowest BCUT2D eigenvalue weighted by molar-refractivity contribution is 0.224. The molecule has 6 heteroatoms. The molecular weight excluding hydrogens is 369 g/mol. The first-order valence-corrected chi connectivity index (χ1v) is 9.54. The van der Waals surface area contributed by atoms with Crippen molar-refractivity contribution in [1.82, 2.24) is 4.90 Å². The topological polar surface area (TPSA) is 35.6 Å². The summed E-state index contributed by atoms with van der Waals surface area (Å²) in [7, 11) is 2.14. The average Bonchev–Trinajstić information content (AvgIpc) is 2.91. The second-order valence-corrected chi connectivity index (χ2v) is 8.05. The molecule has 0 aromatic heterocycles. The Morgan fingerprint density at radius 3 is 2.81 bits per heavy atom. The average molecular weight is 390 g/mol. The Balaban J connectivity index is 1.69. The number of aryl methyl sites for hydroxylation is 1. The summed E-state index contributed by atoms with van der Waals surface area (Å²) in [5.74, 6) is 0.337. The van der Waals surface area contributed by atoms with Crippen molar-refractivity contribution in [2.24, 2.45) is 0 Å². The van der Waals surface area contributed by atoms with Gasteiger partial charge in [0.2, 0.25) is 0 Å². The number of carbonyl (C=O) groups is 1. The van der Waals surface area contributed by atoms with Gasteiger partial charge in [-0.1, -0.05) is 40.9 Å². The van der Waals surface area contributed by atoms with Crippen LogP contribution in [0.3, 0.4) is 0 Å². The molecule has 2 aliphatic rings. The van der Waals surface area contributed by atoms with Gasteiger partial charge in [-0.05, 0) is 56.8 Å². The molecule has 26 heavy (non-hydrogen) atoms. The molecule has 2 aliphatic heterocycles. The van der Waals surface area contributed by atoms with Crippen molar-refractivity contribution in [2.45, 2.75) is 25.3 Å². The molecule has 2 atom stereocenters. The Morgan fingerprint density at radius 2 is 2.00 bits per heavy atom. The number of halogens is 2. The van der Waals surface area contributed by atoms with Gasteiger partial charge in [0.05, 0.1) is 10.7 Å². The summed E-state index contributed by atoms with van der Waals surface area (Å²) in [6, 6.07) is 11.4. The standard InChI is InChI=1S/C20H21Cl2N3O/c1-12-3-6-18-14(9-12)15-11-24(2)8-7-19(15)25(18)20(26)23-17-10-13(21)4-5-16(17)22/h3-6,9-10,15,19H,7-8,11H2,1-2H3,(H,23,26). The van der Waals surface area contributed by atoms with E-state index in [0.29, 0.717) is 21.7 Å². The van der Waals surface area contributed by atoms with Crippen molar-refractivity contribution in [3.8, 4) is 0 Å². The van der Waals surface area contributed by atoms with Crippen molar-refractivity contribution in [2.75, 3.05) is 30.4 Å². The molecular formula is C20H21Cl2N3O. The monoisotopic (exact) mass is 389 g/mol. The second-order valence-electron chi connectivity index (χ2n) is 7.21. The Bertz CT molecular complexity index is 870. The number of rotatable bonds is 1. The summed E-state index contributed by atoms with van der Waals surface area (Å²) in [4.78, 5) is 17.4. The number of carbonyl (C=O) groups excluding carboxylic acids is 1. The molecule has 1 saturated heterocycles. The predicted octanol–water partition coefficient (Wildman–Crippen LogP) is 5.14. The van der Waals surface area contributed by atoms with Gasteiger partial charge in [-0.2, -0.15) is 0 Å². The highest BCUT2D eigenvalue weighted by Crippen LogP contribution is 2.45. The van der Waals surface area contributed by atoms with E-state index in [1.807, 2.05) is 4.90 Å². The number of hydrogen-bond donors (Lipinski definition) is 1. The van der Waals surface area contributed by atoms with Gasteiger partial charge in [-0.3, -0.25) is 4.90 Å². The van der Waals surface area contributed by atoms with Crippen LogP contribution in [0.25, 0.3) is 0 Å². The molecule has 136 valence electrons. The zero-order valence-corrected chi connectivity index (χ0v) is 16.3. The molecule has 0 aliphatic carbocycles. The highest BCUT2D eigenvalue weighted by molar-refractivity contribution is 6.35. The molecule has 0 saturated carbocycles. The van der Waals surface area contributed by atoms with Gasteiger partial charge < -0.3 is 10.2 Å². The van der Waals surface area contributed by atoms with E-state index in [1.165, 1.54) is 11.1 Å². The Labute approximate surface area is 163 Å². The zero-order valence-electron chi connectivity index (χ0n) is 14.8. The fourth-order valence-electron chi connectivity index (χ4n) is 4.11. The van der Waals surface area contributed by atoms with E-state index >= 15 is 0 Å². The summed E-state index contributed by atoms with van der Waals surface area (Å²) in [6.07, 6.45) is 0.950. The van der Waals surface area contributed by atoms with Gasteiger partial charge in [0, 0.05) is 29.2 Å². The number of piperidine rings is 1. The molecule has 1 fully saturated rings. The largest absolute Gasteiger partial charge is 0.326 e. The number of fused-ring (bicyclic) bond motifs is 3. The fraction of sp³-hybridized carbons (Fsp3) is 0.350. The van der Waals surface area contributed by atoms with Gasteiger partial charge in [-0.25, -0.2) is 4.79 Å². The quantitative estimate of drug-likeness (QED) is 0.732. The maximum atomic E-state index is 13.2. The second kappa shape index (κ2) is 6.76. The minimum absolute atomic E-state index is 0.156. The van der Waals surface area contributed by atoms with Crippen molar-refractivity contribution >= 4 is 40.6 Å². The van der Waals surface area contributed by atoms with Crippen LogP contribution in [-0.4, -0.2) is 37.1 Å². The van der Waals surface area contributed by atoms with Crippen LogP contribution in [0.1, 0.15) is 23.5 Å². The number of hydrogen-bond acceptors (Lipinski definition) is 2. The summed E-state index contributed by atoms with van der Waals surface area (Å²) < 4.78 is 0. The van der Waals surface area contributed by atoms with E-state index in [1.54, 1.807) is 18.2 Å².